The van der Waals surface area contributed by atoms with Gasteiger partial charge in [-0.25, -0.2) is 18.2 Å². The second-order valence-corrected chi connectivity index (χ2v) is 21.2. The van der Waals surface area contributed by atoms with Gasteiger partial charge in [-0.2, -0.15) is 13.2 Å². The quantitative estimate of drug-likeness (QED) is 0.251. The Morgan fingerprint density at radius 2 is 1.83 bits per heavy atom. The van der Waals surface area contributed by atoms with Crippen molar-refractivity contribution in [2.45, 2.75) is 138 Å². The molecule has 2 saturated carbocycles. The Balaban J connectivity index is 1.12. The first kappa shape index (κ1) is 47.8. The number of likely N-dealkylation sites (tertiary alicyclic amines) is 1. The molecule has 16 nitrogen and oxygen atoms in total. The molecule has 8 rings (SSSR count). The van der Waals surface area contributed by atoms with Crippen molar-refractivity contribution in [2.75, 3.05) is 46.5 Å². The number of hydrogen-bond donors (Lipinski definition) is 3. The third-order valence-corrected chi connectivity index (χ3v) is 15.5. The van der Waals surface area contributed by atoms with Crippen molar-refractivity contribution >= 4 is 44.7 Å². The highest BCUT2D eigenvalue weighted by molar-refractivity contribution is 7.91. The van der Waals surface area contributed by atoms with E-state index in [1.54, 1.807) is 25.3 Å². The van der Waals surface area contributed by atoms with Gasteiger partial charge in [0.15, 0.2) is 11.4 Å². The minimum Gasteiger partial charge on any atom is -0.490 e. The smallest absolute Gasteiger partial charge is 0.437 e. The number of aromatic nitrogens is 1. The predicted molar refractivity (Wildman–Crippen MR) is 235 cm³/mol. The number of carbonyl (C=O) groups excluding carboxylic acids is 4. The third kappa shape index (κ3) is 10.5. The molecule has 6 aliphatic rings. The van der Waals surface area contributed by atoms with Gasteiger partial charge in [-0.1, -0.05) is 38.8 Å². The van der Waals surface area contributed by atoms with Crippen LogP contribution in [-0.2, 0) is 46.5 Å². The molecule has 1 aromatic carbocycles. The highest BCUT2D eigenvalue weighted by Gasteiger charge is 2.63. The second kappa shape index (κ2) is 19.1. The molecule has 4 fully saturated rings. The fourth-order valence-corrected chi connectivity index (χ4v) is 11.1. The summed E-state index contributed by atoms with van der Waals surface area (Å²) in [6, 6.07) is 2.26. The Morgan fingerprint density at radius 1 is 1.06 bits per heavy atom. The summed E-state index contributed by atoms with van der Waals surface area (Å²) in [4.78, 5) is 64.2. The van der Waals surface area contributed by atoms with Crippen LogP contribution in [0.2, 0.25) is 0 Å². The maximum atomic E-state index is 15.0. The van der Waals surface area contributed by atoms with Gasteiger partial charge in [0.25, 0.3) is 5.91 Å². The van der Waals surface area contributed by atoms with Crippen LogP contribution in [0.3, 0.4) is 0 Å². The number of alkyl halides is 3. The van der Waals surface area contributed by atoms with Crippen LogP contribution in [0.25, 0.3) is 10.9 Å². The van der Waals surface area contributed by atoms with E-state index in [2.05, 4.69) is 25.2 Å². The standard InChI is InChI=1S/C46H61F3N6O10S/c1-28(2)26-63-43(59)51-36-10-8-6-4-5-7-9-29-24-45(29,42(58)53-66(60,61)32-12-13-32)52-40(56)37-25-44(27-55(37)41(36)57)18-15-33-34-23-31(64-30-16-19-54(20-17-30)21-22-62-3)11-14-35(34)50-39(38(33)65-44)46(47,48)49/h7,9,11,14,23,28-30,32,36-37H,4-6,8,10,12-13,15-22,24-27H2,1-3H3,(H,51,59)(H,52,56)(H,53,58)/b9-7-/t29-,36+,37+,44-,45-/m1/s1. The molecule has 66 heavy (non-hydrogen) atoms. The van der Waals surface area contributed by atoms with Gasteiger partial charge in [0.1, 0.15) is 35.1 Å². The average Bonchev–Trinajstić information content (AvgIpc) is 4.21. The van der Waals surface area contributed by atoms with Crippen molar-refractivity contribution < 1.29 is 59.7 Å². The lowest BCUT2D eigenvalue weighted by atomic mass is 9.87. The van der Waals surface area contributed by atoms with Gasteiger partial charge < -0.3 is 39.4 Å². The van der Waals surface area contributed by atoms with Gasteiger partial charge in [0.05, 0.1) is 30.5 Å². The van der Waals surface area contributed by atoms with E-state index in [0.29, 0.717) is 56.3 Å². The molecule has 0 radical (unpaired) electrons. The number of ether oxygens (including phenoxy) is 4. The summed E-state index contributed by atoms with van der Waals surface area (Å²) in [6.45, 7) is 6.53. The zero-order chi connectivity index (χ0) is 47.0. The maximum absolute atomic E-state index is 15.0. The Bertz CT molecular complexity index is 2320. The van der Waals surface area contributed by atoms with Gasteiger partial charge >= 0.3 is 12.3 Å². The van der Waals surface area contributed by atoms with E-state index in [0.717, 1.165) is 32.5 Å². The lowest BCUT2D eigenvalue weighted by molar-refractivity contribution is -0.144. The number of rotatable bonds is 11. The number of sulfonamides is 1. The van der Waals surface area contributed by atoms with Crippen LogP contribution in [0, 0.1) is 11.8 Å². The summed E-state index contributed by atoms with van der Waals surface area (Å²) in [6.07, 6.45) is 2.80. The fourth-order valence-electron chi connectivity index (χ4n) is 9.77. The van der Waals surface area contributed by atoms with Crippen LogP contribution in [0.5, 0.6) is 11.5 Å². The fraction of sp³-hybridized carbons (Fsp3) is 0.674. The number of pyridine rings is 1. The molecule has 2 aromatic rings. The molecular weight excluding hydrogens is 886 g/mol. The Kier molecular flexibility index (Phi) is 13.9. The molecule has 1 aromatic heterocycles. The molecule has 5 heterocycles. The van der Waals surface area contributed by atoms with Gasteiger partial charge in [-0.15, -0.1) is 0 Å². The number of nitrogens with one attached hydrogen (secondary N) is 3. The third-order valence-electron chi connectivity index (χ3n) is 13.7. The number of hydrogen-bond acceptors (Lipinski definition) is 12. The number of halogens is 3. The van der Waals surface area contributed by atoms with E-state index < -0.39 is 85.8 Å². The van der Waals surface area contributed by atoms with E-state index in [9.17, 15) is 27.6 Å². The zero-order valence-electron chi connectivity index (χ0n) is 37.8. The largest absolute Gasteiger partial charge is 0.490 e. The number of methoxy groups -OCH3 is 1. The van der Waals surface area contributed by atoms with Gasteiger partial charge in [-0.05, 0) is 88.3 Å². The van der Waals surface area contributed by atoms with Crippen molar-refractivity contribution in [1.29, 1.82) is 0 Å². The lowest BCUT2D eigenvalue weighted by Crippen LogP contribution is -2.58. The first-order chi connectivity index (χ1) is 31.4. The van der Waals surface area contributed by atoms with Gasteiger partial charge in [-0.3, -0.25) is 19.1 Å². The van der Waals surface area contributed by atoms with Crippen LogP contribution >= 0.6 is 0 Å². The summed E-state index contributed by atoms with van der Waals surface area (Å²) in [5, 5.41) is 5.20. The molecule has 4 amide bonds. The molecule has 0 unspecified atom stereocenters. The summed E-state index contributed by atoms with van der Waals surface area (Å²) in [7, 11) is -2.35. The van der Waals surface area contributed by atoms with E-state index in [1.807, 2.05) is 19.9 Å². The Hall–Kier alpha value is -4.69. The molecule has 4 aliphatic heterocycles. The highest BCUT2D eigenvalue weighted by Crippen LogP contribution is 2.50. The summed E-state index contributed by atoms with van der Waals surface area (Å²) >= 11 is 0. The molecule has 20 heteroatoms. The number of benzene rings is 1. The number of amides is 4. The summed E-state index contributed by atoms with van der Waals surface area (Å²) < 4.78 is 96.7. The zero-order valence-corrected chi connectivity index (χ0v) is 38.6. The number of aryl methyl sites for hydroxylation is 1. The van der Waals surface area contributed by atoms with Crippen molar-refractivity contribution in [3.05, 3.63) is 41.6 Å². The molecule has 5 atom stereocenters. The number of piperidine rings is 1. The topological polar surface area (TPSA) is 195 Å². The first-order valence-electron chi connectivity index (χ1n) is 23.3. The first-order valence-corrected chi connectivity index (χ1v) is 24.8. The number of allylic oxidation sites excluding steroid dienone is 1. The van der Waals surface area contributed by atoms with Crippen LogP contribution in [0.15, 0.2) is 30.4 Å². The Labute approximate surface area is 383 Å². The summed E-state index contributed by atoms with van der Waals surface area (Å²) in [5.41, 5.74) is -4.06. The molecule has 362 valence electrons. The number of carbonyl (C=O) groups is 4. The SMILES string of the molecule is COCCN1CCC(Oc2ccc3nc(C(F)(F)F)c4c(c3c2)CC[C@]2(C[C@H]3C(=O)N[C@]5(C(=O)NS(=O)(=O)C6CC6)C[C@H]5/C=C\CCCCC[C@H](NC(=O)OCC(C)C)C(=O)N3C2)O4)CC1. The molecule has 3 N–H and O–H groups in total. The maximum Gasteiger partial charge on any atom is 0.437 e. The van der Waals surface area contributed by atoms with E-state index in [1.165, 1.54) is 11.0 Å². The highest BCUT2D eigenvalue weighted by atomic mass is 32.2. The molecule has 1 spiro atoms. The average molecular weight is 947 g/mol. The number of nitrogens with zero attached hydrogens (tertiary/aromatic N) is 3. The number of alkyl carbamates (subject to hydrolysis) is 1. The normalized spacial score (nSPS) is 28.3. The van der Waals surface area contributed by atoms with Crippen molar-refractivity contribution in [2.24, 2.45) is 11.8 Å². The summed E-state index contributed by atoms with van der Waals surface area (Å²) in [5.74, 6) is -2.94. The van der Waals surface area contributed by atoms with Crippen molar-refractivity contribution in [1.82, 2.24) is 30.1 Å². The molecular formula is C46H61F3N6O10S. The van der Waals surface area contributed by atoms with Crippen LogP contribution < -0.4 is 24.8 Å². The van der Waals surface area contributed by atoms with Crippen LogP contribution in [0.1, 0.15) is 102 Å². The van der Waals surface area contributed by atoms with Crippen LogP contribution in [-0.4, -0.2) is 128 Å². The molecule has 2 saturated heterocycles. The van der Waals surface area contributed by atoms with Gasteiger partial charge in [0, 0.05) is 50.0 Å². The van der Waals surface area contributed by atoms with Crippen LogP contribution in [0.4, 0.5) is 18.0 Å². The minimum atomic E-state index is -4.95. The van der Waals surface area contributed by atoms with E-state index >= 15 is 13.2 Å². The predicted octanol–water partition coefficient (Wildman–Crippen LogP) is 5.16. The van der Waals surface area contributed by atoms with E-state index in [-0.39, 0.29) is 68.4 Å². The van der Waals surface area contributed by atoms with E-state index in [4.69, 9.17) is 18.9 Å². The van der Waals surface area contributed by atoms with Crippen molar-refractivity contribution in [3.8, 4) is 11.5 Å². The minimum absolute atomic E-state index is 0.00219. The monoisotopic (exact) mass is 946 g/mol. The molecule has 2 aliphatic carbocycles. The molecule has 0 bridgehead atoms. The second-order valence-electron chi connectivity index (χ2n) is 19.3. The Morgan fingerprint density at radius 3 is 2.55 bits per heavy atom. The lowest BCUT2D eigenvalue weighted by Gasteiger charge is -2.37. The number of fused-ring (bicyclic) bond motifs is 5. The van der Waals surface area contributed by atoms with Crippen molar-refractivity contribution in [3.63, 3.8) is 0 Å². The van der Waals surface area contributed by atoms with Gasteiger partial charge in [0.2, 0.25) is 21.8 Å².